The van der Waals surface area contributed by atoms with E-state index in [0.29, 0.717) is 90.2 Å². The molecule has 3 aromatic heterocycles. The smallest absolute Gasteiger partial charge is 0.271 e. The van der Waals surface area contributed by atoms with Crippen molar-refractivity contribution < 1.29 is 13.9 Å². The molecule has 14 heteroatoms. The Hall–Kier alpha value is -4.40. The van der Waals surface area contributed by atoms with Crippen molar-refractivity contribution in [3.63, 3.8) is 0 Å². The van der Waals surface area contributed by atoms with Crippen LogP contribution in [0.5, 0.6) is 0 Å². The number of hydrogen-bond donors (Lipinski definition) is 3. The largest absolute Gasteiger partial charge is 0.393 e. The van der Waals surface area contributed by atoms with Crippen LogP contribution in [0.2, 0.25) is 0 Å². The van der Waals surface area contributed by atoms with E-state index in [0.717, 1.165) is 47.8 Å². The highest BCUT2D eigenvalue weighted by Gasteiger charge is 2.35. The van der Waals surface area contributed by atoms with Gasteiger partial charge in [-0.1, -0.05) is 11.6 Å². The van der Waals surface area contributed by atoms with Crippen LogP contribution < -0.4 is 30.9 Å². The number of benzene rings is 2. The second-order valence-electron chi connectivity index (χ2n) is 14.7. The fourth-order valence-electron chi connectivity index (χ4n) is 8.23. The van der Waals surface area contributed by atoms with Gasteiger partial charge < -0.3 is 28.8 Å². The average Bonchev–Trinajstić information content (AvgIpc) is 4.08. The number of aliphatic hydroxyl groups is 1. The Labute approximate surface area is 304 Å². The number of aromatic amines is 1. The molecular weight excluding hydrogens is 707 g/mol. The minimum Gasteiger partial charge on any atom is -0.393 e. The van der Waals surface area contributed by atoms with Gasteiger partial charge in [-0.2, -0.15) is 0 Å². The van der Waals surface area contributed by atoms with Gasteiger partial charge >= 0.3 is 0 Å². The zero-order valence-corrected chi connectivity index (χ0v) is 29.8. The van der Waals surface area contributed by atoms with Gasteiger partial charge in [-0.15, -0.1) is 0 Å². The zero-order valence-electron chi connectivity index (χ0n) is 28.2. The lowest BCUT2D eigenvalue weighted by Gasteiger charge is -2.32. The summed E-state index contributed by atoms with van der Waals surface area (Å²) in [5.74, 6) is -0.899. The topological polar surface area (TPSA) is 116 Å². The number of nitrogens with one attached hydrogen (secondary N) is 2. The van der Waals surface area contributed by atoms with Crippen LogP contribution >= 0.6 is 23.5 Å². The predicted molar refractivity (Wildman–Crippen MR) is 203 cm³/mol. The quantitative estimate of drug-likeness (QED) is 0.180. The number of halogens is 2. The molecule has 268 valence electrons. The van der Waals surface area contributed by atoms with E-state index in [1.54, 1.807) is 6.07 Å². The second kappa shape index (κ2) is 12.1. The first-order valence-electron chi connectivity index (χ1n) is 18.1. The van der Waals surface area contributed by atoms with Gasteiger partial charge in [0.2, 0.25) is 5.43 Å². The third-order valence-electron chi connectivity index (χ3n) is 11.3. The molecule has 0 atom stereocenters. The molecule has 2 saturated heterocycles. The van der Waals surface area contributed by atoms with Crippen LogP contribution in [0, 0.1) is 11.6 Å². The SMILES string of the molecule is O=c1c2c(n(C3CC3)c3cc(N4CCC(O)CC4)c(F)cc13)SN/C2=C/C=C1CCN(c2cc3c(cc2F)c(=O)c2c(=O)[nH]sc2n3C2CC2)CC1. The summed E-state index contributed by atoms with van der Waals surface area (Å²) in [6.45, 7) is 2.31. The molecule has 4 fully saturated rings. The van der Waals surface area contributed by atoms with Crippen LogP contribution in [-0.4, -0.2) is 50.9 Å². The van der Waals surface area contributed by atoms with E-state index < -0.39 is 22.6 Å². The molecule has 2 saturated carbocycles. The first kappa shape index (κ1) is 32.3. The van der Waals surface area contributed by atoms with Gasteiger partial charge in [-0.25, -0.2) is 8.78 Å². The third-order valence-corrected chi connectivity index (χ3v) is 13.1. The van der Waals surface area contributed by atoms with Crippen molar-refractivity contribution >= 4 is 72.6 Å². The molecule has 10 rings (SSSR count). The van der Waals surface area contributed by atoms with Crippen molar-refractivity contribution in [3.8, 4) is 0 Å². The Bertz CT molecular complexity index is 2580. The number of anilines is 2. The van der Waals surface area contributed by atoms with E-state index in [1.807, 2.05) is 32.6 Å². The number of rotatable bonds is 5. The van der Waals surface area contributed by atoms with Crippen molar-refractivity contribution in [2.45, 2.75) is 74.6 Å². The van der Waals surface area contributed by atoms with Crippen LogP contribution in [0.1, 0.15) is 69.0 Å². The summed E-state index contributed by atoms with van der Waals surface area (Å²) in [5, 5.41) is 11.5. The van der Waals surface area contributed by atoms with Gasteiger partial charge in [0.1, 0.15) is 26.9 Å². The molecule has 5 aromatic rings. The van der Waals surface area contributed by atoms with Crippen LogP contribution in [0.4, 0.5) is 20.2 Å². The Kier molecular flexibility index (Phi) is 7.49. The predicted octanol–water partition coefficient (Wildman–Crippen LogP) is 6.31. The molecule has 0 bridgehead atoms. The summed E-state index contributed by atoms with van der Waals surface area (Å²) in [7, 11) is 0. The Balaban J connectivity index is 0.945. The van der Waals surface area contributed by atoms with E-state index in [-0.39, 0.29) is 34.4 Å². The van der Waals surface area contributed by atoms with E-state index in [4.69, 9.17) is 0 Å². The molecule has 10 nitrogen and oxygen atoms in total. The van der Waals surface area contributed by atoms with E-state index >= 15 is 8.78 Å². The maximum atomic E-state index is 15.7. The molecule has 0 radical (unpaired) electrons. The van der Waals surface area contributed by atoms with Gasteiger partial charge in [0, 0.05) is 61.0 Å². The summed E-state index contributed by atoms with van der Waals surface area (Å²) in [4.78, 5) is 44.3. The van der Waals surface area contributed by atoms with Crippen molar-refractivity contribution in [1.29, 1.82) is 0 Å². The lowest BCUT2D eigenvalue weighted by molar-refractivity contribution is 0.145. The number of pyridine rings is 2. The number of allylic oxidation sites excluding steroid dienone is 2. The minimum absolute atomic E-state index is 0.104. The lowest BCUT2D eigenvalue weighted by atomic mass is 10.0. The number of nitrogens with zero attached hydrogens (tertiary/aromatic N) is 4. The van der Waals surface area contributed by atoms with Crippen molar-refractivity contribution in [1.82, 2.24) is 18.2 Å². The third kappa shape index (κ3) is 5.16. The molecule has 3 N–H and O–H groups in total. The number of fused-ring (bicyclic) bond motifs is 4. The van der Waals surface area contributed by atoms with Crippen molar-refractivity contribution in [2.24, 2.45) is 0 Å². The van der Waals surface area contributed by atoms with Crippen LogP contribution in [0.25, 0.3) is 37.7 Å². The van der Waals surface area contributed by atoms with Gasteiger partial charge in [0.15, 0.2) is 5.43 Å². The highest BCUT2D eigenvalue weighted by molar-refractivity contribution is 7.98. The molecule has 5 aliphatic rings. The fraction of sp³-hybridized carbons (Fsp3) is 0.395. The molecule has 0 amide bonds. The highest BCUT2D eigenvalue weighted by Crippen LogP contribution is 2.45. The maximum Gasteiger partial charge on any atom is 0.271 e. The second-order valence-corrected chi connectivity index (χ2v) is 16.3. The van der Waals surface area contributed by atoms with Crippen molar-refractivity contribution in [2.75, 3.05) is 36.0 Å². The Morgan fingerprint density at radius 2 is 1.35 bits per heavy atom. The number of aromatic nitrogens is 3. The molecule has 0 unspecified atom stereocenters. The van der Waals surface area contributed by atoms with Crippen LogP contribution in [0.3, 0.4) is 0 Å². The monoisotopic (exact) mass is 742 g/mol. The summed E-state index contributed by atoms with van der Waals surface area (Å²) in [6.07, 6.45) is 10.1. The minimum atomic E-state index is -0.478. The van der Waals surface area contributed by atoms with Crippen LogP contribution in [-0.2, 0) is 0 Å². The fourth-order valence-corrected chi connectivity index (χ4v) is 10.2. The highest BCUT2D eigenvalue weighted by atomic mass is 32.2. The van der Waals surface area contributed by atoms with Gasteiger partial charge in [0.05, 0.1) is 39.8 Å². The summed E-state index contributed by atoms with van der Waals surface area (Å²) < 4.78 is 41.6. The Morgan fingerprint density at radius 1 is 0.750 bits per heavy atom. The zero-order chi connectivity index (χ0) is 35.4. The number of piperidine rings is 2. The molecule has 3 aliphatic heterocycles. The maximum absolute atomic E-state index is 15.7. The molecule has 0 spiro atoms. The lowest BCUT2D eigenvalue weighted by Crippen LogP contribution is -2.36. The summed E-state index contributed by atoms with van der Waals surface area (Å²) in [6, 6.07) is 6.73. The number of hydrogen-bond acceptors (Lipinski definition) is 9. The number of aliphatic hydroxyl groups excluding tert-OH is 1. The van der Waals surface area contributed by atoms with Gasteiger partial charge in [-0.3, -0.25) is 18.8 Å². The van der Waals surface area contributed by atoms with Gasteiger partial charge in [0.25, 0.3) is 5.56 Å². The molecule has 2 aliphatic carbocycles. The molecule has 2 aromatic carbocycles. The molecule has 52 heavy (non-hydrogen) atoms. The molecular formula is C38H36F2N6O4S2. The van der Waals surface area contributed by atoms with E-state index in [2.05, 4.69) is 13.7 Å². The molecule has 6 heterocycles. The first-order valence-corrected chi connectivity index (χ1v) is 19.7. The summed E-state index contributed by atoms with van der Waals surface area (Å²) >= 11 is 2.59. The number of H-pyrrole nitrogens is 1. The average molecular weight is 743 g/mol. The summed E-state index contributed by atoms with van der Waals surface area (Å²) in [5.41, 5.74) is 3.72. The van der Waals surface area contributed by atoms with Crippen LogP contribution in [0.15, 0.2) is 61.4 Å². The first-order chi connectivity index (χ1) is 25.2. The van der Waals surface area contributed by atoms with Crippen molar-refractivity contribution in [3.05, 3.63) is 90.0 Å². The standard InChI is InChI=1S/C38H36F2N6O4S2/c39-25-15-23-28(17-31(25)44-13-9-22(47)10-14-44)45(20-2-3-20)37-32(34(23)48)27(41-51-37)6-1-19-7-11-43(12-8-19)30-18-29-24(16-26(30)40)35(49)33-36(50)42-52-38(33)46(29)21-4-5-21/h1,6,15-18,20-22,41,47H,2-5,7-14H2,(H,42,50)/b27-6+. The van der Waals surface area contributed by atoms with E-state index in [1.165, 1.54) is 29.7 Å². The Morgan fingerprint density at radius 3 is 2.00 bits per heavy atom. The van der Waals surface area contributed by atoms with E-state index in [9.17, 15) is 19.5 Å². The normalized spacial score (nSPS) is 20.4. The van der Waals surface area contributed by atoms with Gasteiger partial charge in [-0.05, 0) is 93.2 Å².